The Bertz CT molecular complexity index is 923. The van der Waals surface area contributed by atoms with Crippen LogP contribution < -0.4 is 11.0 Å². The smallest absolute Gasteiger partial charge is 0.351 e. The normalized spacial score (nSPS) is 32.6. The minimum Gasteiger partial charge on any atom is -0.391 e. The Morgan fingerprint density at radius 1 is 1.34 bits per heavy atom. The highest BCUT2D eigenvalue weighted by molar-refractivity contribution is 5.98. The van der Waals surface area contributed by atoms with E-state index in [1.807, 2.05) is 52.8 Å². The van der Waals surface area contributed by atoms with Crippen molar-refractivity contribution in [2.45, 2.75) is 96.4 Å². The van der Waals surface area contributed by atoms with Gasteiger partial charge in [0.15, 0.2) is 6.29 Å². The van der Waals surface area contributed by atoms with Crippen molar-refractivity contribution >= 4 is 11.7 Å². The average Bonchev–Trinajstić information content (AvgIpc) is 2.78. The second-order valence-corrected chi connectivity index (χ2v) is 9.81. The van der Waals surface area contributed by atoms with Crippen LogP contribution in [-0.4, -0.2) is 76.3 Å². The quantitative estimate of drug-likeness (QED) is 0.531. The summed E-state index contributed by atoms with van der Waals surface area (Å²) < 4.78 is 19.7. The van der Waals surface area contributed by atoms with E-state index >= 15 is 0 Å². The number of carbonyl (C=O) groups excluding carboxylic acids is 1. The average molecular weight is 493 g/mol. The highest BCUT2D eigenvalue weighted by Crippen LogP contribution is 2.31. The summed E-state index contributed by atoms with van der Waals surface area (Å²) in [4.78, 5) is 30.6. The Morgan fingerprint density at radius 2 is 2.09 bits per heavy atom. The molecular formula is C25H40N4O6. The number of hydrogen-bond acceptors (Lipinski definition) is 8. The molecule has 2 aliphatic heterocycles. The summed E-state index contributed by atoms with van der Waals surface area (Å²) in [6, 6.07) is 1.51. The third-order valence-electron chi connectivity index (χ3n) is 6.80. The fourth-order valence-corrected chi connectivity index (χ4v) is 4.66. The van der Waals surface area contributed by atoms with E-state index in [4.69, 9.17) is 14.2 Å². The summed E-state index contributed by atoms with van der Waals surface area (Å²) in [5.41, 5.74) is -0.493. The van der Waals surface area contributed by atoms with Crippen LogP contribution in [0.25, 0.3) is 0 Å². The molecule has 1 aromatic heterocycles. The molecular weight excluding hydrogens is 452 g/mol. The van der Waals surface area contributed by atoms with Gasteiger partial charge in [0.2, 0.25) is 5.91 Å². The van der Waals surface area contributed by atoms with Crippen LogP contribution in [0.4, 0.5) is 5.82 Å². The first-order chi connectivity index (χ1) is 16.6. The van der Waals surface area contributed by atoms with E-state index in [2.05, 4.69) is 10.3 Å². The lowest BCUT2D eigenvalue weighted by Crippen LogP contribution is -2.55. The summed E-state index contributed by atoms with van der Waals surface area (Å²) in [5, 5.41) is 13.2. The lowest BCUT2D eigenvalue weighted by Gasteiger charge is -2.43. The number of likely N-dealkylation sites (N-methyl/N-ethyl adjacent to an activating group) is 1. The predicted octanol–water partition coefficient (Wildman–Crippen LogP) is 2.29. The second kappa shape index (κ2) is 12.2. The zero-order valence-electron chi connectivity index (χ0n) is 21.6. The van der Waals surface area contributed by atoms with Gasteiger partial charge < -0.3 is 29.5 Å². The maximum absolute atomic E-state index is 12.6. The first-order valence-corrected chi connectivity index (χ1v) is 12.5. The Balaban J connectivity index is 1.55. The van der Waals surface area contributed by atoms with E-state index < -0.39 is 24.3 Å². The first-order valence-electron chi connectivity index (χ1n) is 12.5. The van der Waals surface area contributed by atoms with Crippen molar-refractivity contribution in [2.24, 2.45) is 5.92 Å². The van der Waals surface area contributed by atoms with Crippen LogP contribution in [0.1, 0.15) is 59.6 Å². The van der Waals surface area contributed by atoms with Gasteiger partial charge >= 0.3 is 5.69 Å². The van der Waals surface area contributed by atoms with Crippen molar-refractivity contribution in [3.8, 4) is 0 Å². The minimum atomic E-state index is -0.541. The fraction of sp³-hybridized carbons (Fsp3) is 0.720. The topological polar surface area (TPSA) is 115 Å². The maximum Gasteiger partial charge on any atom is 0.351 e. The molecule has 1 amide bonds. The molecule has 0 aliphatic carbocycles. The van der Waals surface area contributed by atoms with Gasteiger partial charge in [-0.1, -0.05) is 26.3 Å². The molecule has 1 aromatic rings. The molecule has 35 heavy (non-hydrogen) atoms. The summed E-state index contributed by atoms with van der Waals surface area (Å²) in [5.74, 6) is 0.181. The van der Waals surface area contributed by atoms with Gasteiger partial charge in [-0.25, -0.2) is 4.79 Å². The van der Waals surface area contributed by atoms with Crippen LogP contribution in [0.5, 0.6) is 0 Å². The van der Waals surface area contributed by atoms with Crippen molar-refractivity contribution < 1.29 is 24.1 Å². The molecule has 2 N–H and O–H groups in total. The Labute approximate surface area is 207 Å². The first kappa shape index (κ1) is 27.5. The van der Waals surface area contributed by atoms with Crippen molar-refractivity contribution in [3.05, 3.63) is 34.9 Å². The van der Waals surface area contributed by atoms with Crippen molar-refractivity contribution in [1.29, 1.82) is 0 Å². The number of anilines is 1. The minimum absolute atomic E-state index is 0.0812. The number of allylic oxidation sites excluding steroid dienone is 1. The highest BCUT2D eigenvalue weighted by atomic mass is 16.7. The maximum atomic E-state index is 12.6. The molecule has 2 aliphatic rings. The summed E-state index contributed by atoms with van der Waals surface area (Å²) in [7, 11) is 3.85. The number of rotatable bonds is 8. The number of aromatic nitrogens is 2. The number of carbonyl (C=O) groups is 1. The van der Waals surface area contributed by atoms with E-state index in [1.54, 1.807) is 12.3 Å². The molecule has 8 unspecified atom stereocenters. The van der Waals surface area contributed by atoms with Crippen molar-refractivity contribution in [1.82, 2.24) is 14.5 Å². The van der Waals surface area contributed by atoms with Gasteiger partial charge in [0.25, 0.3) is 0 Å². The summed E-state index contributed by atoms with van der Waals surface area (Å²) in [6.45, 7) is 7.91. The lowest BCUT2D eigenvalue weighted by atomic mass is 9.98. The molecule has 0 saturated carbocycles. The number of aliphatic hydroxyl groups is 1. The number of amides is 1. The van der Waals surface area contributed by atoms with Gasteiger partial charge in [0.05, 0.1) is 30.5 Å². The van der Waals surface area contributed by atoms with E-state index in [0.717, 1.165) is 6.42 Å². The van der Waals surface area contributed by atoms with Gasteiger partial charge in [0.1, 0.15) is 12.0 Å². The van der Waals surface area contributed by atoms with E-state index in [1.165, 1.54) is 10.6 Å². The SMILES string of the molecule is CCC(C)C=CC(=O)Nc1ccn(C2CCC(OC3CC(O)C(N(C)C)C(C)O3)C(C)O2)c(=O)n1. The molecule has 2 fully saturated rings. The highest BCUT2D eigenvalue weighted by Gasteiger charge is 2.40. The molecule has 196 valence electrons. The van der Waals surface area contributed by atoms with Crippen molar-refractivity contribution in [3.63, 3.8) is 0 Å². The zero-order valence-corrected chi connectivity index (χ0v) is 21.6. The molecule has 8 atom stereocenters. The third-order valence-corrected chi connectivity index (χ3v) is 6.80. The van der Waals surface area contributed by atoms with Gasteiger partial charge in [-0.05, 0) is 58.8 Å². The Hall–Kier alpha value is -2.11. The lowest BCUT2D eigenvalue weighted by molar-refractivity contribution is -0.273. The van der Waals surface area contributed by atoms with Crippen molar-refractivity contribution in [2.75, 3.05) is 19.4 Å². The number of ether oxygens (including phenoxy) is 3. The van der Waals surface area contributed by atoms with Crippen LogP contribution >= 0.6 is 0 Å². The molecule has 0 spiro atoms. The summed E-state index contributed by atoms with van der Waals surface area (Å²) >= 11 is 0. The molecule has 3 heterocycles. The fourth-order valence-electron chi connectivity index (χ4n) is 4.66. The van der Waals surface area contributed by atoms with Crippen LogP contribution in [0.3, 0.4) is 0 Å². The number of nitrogens with one attached hydrogen (secondary N) is 1. The summed E-state index contributed by atoms with van der Waals surface area (Å²) in [6.07, 6.45) is 5.24. The van der Waals surface area contributed by atoms with Crippen LogP contribution in [0.15, 0.2) is 29.2 Å². The molecule has 2 saturated heterocycles. The van der Waals surface area contributed by atoms with E-state index in [9.17, 15) is 14.7 Å². The zero-order chi connectivity index (χ0) is 25.7. The molecule has 10 nitrogen and oxygen atoms in total. The molecule has 0 bridgehead atoms. The largest absolute Gasteiger partial charge is 0.391 e. The van der Waals surface area contributed by atoms with Gasteiger partial charge in [-0.3, -0.25) is 9.36 Å². The number of nitrogens with zero attached hydrogens (tertiary/aromatic N) is 3. The van der Waals surface area contributed by atoms with Gasteiger partial charge in [0, 0.05) is 12.6 Å². The molecule has 0 radical (unpaired) electrons. The van der Waals surface area contributed by atoms with E-state index in [-0.39, 0.29) is 36.1 Å². The predicted molar refractivity (Wildman–Crippen MR) is 132 cm³/mol. The Morgan fingerprint density at radius 3 is 2.69 bits per heavy atom. The Kier molecular flexibility index (Phi) is 9.60. The van der Waals surface area contributed by atoms with Crippen LogP contribution in [0, 0.1) is 5.92 Å². The van der Waals surface area contributed by atoms with Gasteiger partial charge in [-0.15, -0.1) is 0 Å². The van der Waals surface area contributed by atoms with E-state index in [0.29, 0.717) is 25.2 Å². The molecule has 3 rings (SSSR count). The second-order valence-electron chi connectivity index (χ2n) is 9.81. The molecule has 10 heteroatoms. The van der Waals surface area contributed by atoms with Crippen LogP contribution in [0.2, 0.25) is 0 Å². The standard InChI is InChI=1S/C25H40N4O6/c1-7-15(2)8-10-21(31)26-20-12-13-29(25(32)27-20)22-11-9-19(16(3)33-22)35-23-14-18(30)24(28(5)6)17(4)34-23/h8,10,12-13,15-19,22-24,30H,7,9,11,14H2,1-6H3,(H,26,27,31,32). The number of aliphatic hydroxyl groups excluding tert-OH is 1. The van der Waals surface area contributed by atoms with Gasteiger partial charge in [-0.2, -0.15) is 4.98 Å². The third kappa shape index (κ3) is 7.20. The number of hydrogen-bond donors (Lipinski definition) is 2. The monoisotopic (exact) mass is 492 g/mol. The molecule has 0 aromatic carbocycles. The van der Waals surface area contributed by atoms with Crippen LogP contribution in [-0.2, 0) is 19.0 Å².